The largest absolute Gasteiger partial charge is 0.470 e. The number of aliphatic hydroxyl groups excluding tert-OH is 1. The number of nitrogens with one attached hydrogen (secondary N) is 1. The summed E-state index contributed by atoms with van der Waals surface area (Å²) in [6.45, 7) is 7.07. The molecule has 0 aromatic heterocycles. The standard InChI is InChI=1S/C39H44F4N2O7/c1-21(36(47)44-33(22(2)46)35(37(48)52-39(3,4)5)51-34-31(42)29(40)19-30(41)32(34)43)45(23-13-7-6-8-14-23)38(49)50-20-28-26-17-11-9-15-24(26)25-16-10-12-18-27(25)28/h9-12,15-19,21-23,28,33,35,46H,6-8,13-14,20H2,1-5H3,(H,44,47)/t21-,22?,33-,35-/m0/s1. The Hall–Kier alpha value is -4.65. The SMILES string of the molecule is CC(O)[C@H](NC(=O)[C@H](C)N(C(=O)OCC1c2ccccc2-c2ccccc21)C1CCCCC1)[C@H](Oc1c(F)c(F)cc(F)c1F)C(=O)OC(C)(C)C. The maximum absolute atomic E-state index is 14.7. The van der Waals surface area contributed by atoms with Crippen molar-refractivity contribution in [2.75, 3.05) is 6.61 Å². The predicted octanol–water partition coefficient (Wildman–Crippen LogP) is 7.17. The molecule has 0 radical (unpaired) electrons. The number of aliphatic hydroxyl groups is 1. The molecule has 1 unspecified atom stereocenters. The van der Waals surface area contributed by atoms with Crippen LogP contribution in [0.4, 0.5) is 22.4 Å². The molecule has 2 aliphatic rings. The van der Waals surface area contributed by atoms with Crippen LogP contribution in [0.1, 0.15) is 83.8 Å². The number of hydrogen-bond acceptors (Lipinski definition) is 7. The van der Waals surface area contributed by atoms with Crippen molar-refractivity contribution >= 4 is 18.0 Å². The quantitative estimate of drug-likeness (QED) is 0.122. The molecule has 0 spiro atoms. The lowest BCUT2D eigenvalue weighted by Crippen LogP contribution is -2.61. The van der Waals surface area contributed by atoms with E-state index in [9.17, 15) is 37.1 Å². The number of carbonyl (C=O) groups excluding carboxylic acids is 3. The summed E-state index contributed by atoms with van der Waals surface area (Å²) >= 11 is 0. The molecular formula is C39H44F4N2O7. The van der Waals surface area contributed by atoms with Gasteiger partial charge in [-0.05, 0) is 69.7 Å². The molecule has 4 atom stereocenters. The van der Waals surface area contributed by atoms with E-state index >= 15 is 0 Å². The Bertz CT molecular complexity index is 1720. The molecule has 9 nitrogen and oxygen atoms in total. The number of amides is 2. The molecule has 1 saturated carbocycles. The van der Waals surface area contributed by atoms with Crippen LogP contribution in [0.2, 0.25) is 0 Å². The number of nitrogens with zero attached hydrogens (tertiary/aromatic N) is 1. The highest BCUT2D eigenvalue weighted by Crippen LogP contribution is 2.44. The zero-order valence-electron chi connectivity index (χ0n) is 29.8. The van der Waals surface area contributed by atoms with Gasteiger partial charge in [-0.3, -0.25) is 9.69 Å². The second-order valence-corrected chi connectivity index (χ2v) is 14.3. The third-order valence-corrected chi connectivity index (χ3v) is 9.42. The Kier molecular flexibility index (Phi) is 11.8. The molecule has 1 fully saturated rings. The van der Waals surface area contributed by atoms with Crippen LogP contribution in [0.25, 0.3) is 11.1 Å². The molecule has 280 valence electrons. The summed E-state index contributed by atoms with van der Waals surface area (Å²) in [5.41, 5.74) is 2.91. The first kappa shape index (κ1) is 38.6. The van der Waals surface area contributed by atoms with Gasteiger partial charge in [0.25, 0.3) is 0 Å². The van der Waals surface area contributed by atoms with Crippen molar-refractivity contribution in [3.05, 3.63) is 89.0 Å². The monoisotopic (exact) mass is 728 g/mol. The molecule has 13 heteroatoms. The zero-order chi connectivity index (χ0) is 37.9. The van der Waals surface area contributed by atoms with Gasteiger partial charge in [-0.2, -0.15) is 8.78 Å². The van der Waals surface area contributed by atoms with Crippen LogP contribution < -0.4 is 10.1 Å². The van der Waals surface area contributed by atoms with Crippen LogP contribution in [-0.4, -0.2) is 70.5 Å². The van der Waals surface area contributed by atoms with E-state index in [4.69, 9.17) is 14.2 Å². The van der Waals surface area contributed by atoms with Gasteiger partial charge in [-0.1, -0.05) is 67.8 Å². The zero-order valence-corrected chi connectivity index (χ0v) is 29.8. The lowest BCUT2D eigenvalue weighted by Gasteiger charge is -2.38. The summed E-state index contributed by atoms with van der Waals surface area (Å²) in [5, 5.41) is 13.3. The fraction of sp³-hybridized carbons (Fsp3) is 0.462. The minimum atomic E-state index is -2.20. The molecule has 52 heavy (non-hydrogen) atoms. The van der Waals surface area contributed by atoms with Crippen LogP contribution in [0.5, 0.6) is 5.75 Å². The van der Waals surface area contributed by atoms with E-state index in [1.807, 2.05) is 48.5 Å². The average molecular weight is 729 g/mol. The summed E-state index contributed by atoms with van der Waals surface area (Å²) in [6.07, 6.45) is -0.846. The van der Waals surface area contributed by atoms with Crippen LogP contribution >= 0.6 is 0 Å². The van der Waals surface area contributed by atoms with Gasteiger partial charge in [-0.15, -0.1) is 0 Å². The third-order valence-electron chi connectivity index (χ3n) is 9.42. The summed E-state index contributed by atoms with van der Waals surface area (Å²) in [6, 6.07) is 12.3. The number of fused-ring (bicyclic) bond motifs is 3. The number of hydrogen-bond donors (Lipinski definition) is 2. The number of rotatable bonds is 11. The van der Waals surface area contributed by atoms with E-state index in [1.54, 1.807) is 0 Å². The van der Waals surface area contributed by atoms with Crippen molar-refractivity contribution in [2.45, 2.75) is 109 Å². The number of halogens is 4. The Morgan fingerprint density at radius 1 is 0.885 bits per heavy atom. The molecule has 0 saturated heterocycles. The Morgan fingerprint density at radius 2 is 1.42 bits per heavy atom. The molecule has 2 amide bonds. The van der Waals surface area contributed by atoms with Crippen LogP contribution in [0.3, 0.4) is 0 Å². The minimum Gasteiger partial charge on any atom is -0.470 e. The molecule has 3 aromatic rings. The molecule has 2 aliphatic carbocycles. The van der Waals surface area contributed by atoms with E-state index in [1.165, 1.54) is 39.5 Å². The van der Waals surface area contributed by atoms with E-state index in [0.29, 0.717) is 12.8 Å². The van der Waals surface area contributed by atoms with Crippen LogP contribution in [-0.2, 0) is 19.1 Å². The first-order chi connectivity index (χ1) is 24.6. The van der Waals surface area contributed by atoms with Crippen molar-refractivity contribution < 1.29 is 51.3 Å². The summed E-state index contributed by atoms with van der Waals surface area (Å²) < 4.78 is 74.3. The van der Waals surface area contributed by atoms with Gasteiger partial charge < -0.3 is 24.6 Å². The lowest BCUT2D eigenvalue weighted by molar-refractivity contribution is -0.167. The van der Waals surface area contributed by atoms with Crippen LogP contribution in [0.15, 0.2) is 54.6 Å². The first-order valence-electron chi connectivity index (χ1n) is 17.4. The Labute approximate surface area is 300 Å². The van der Waals surface area contributed by atoms with Crippen molar-refractivity contribution in [2.24, 2.45) is 0 Å². The fourth-order valence-corrected chi connectivity index (χ4v) is 6.92. The first-order valence-corrected chi connectivity index (χ1v) is 17.4. The molecule has 0 heterocycles. The Morgan fingerprint density at radius 3 is 1.94 bits per heavy atom. The molecule has 2 N–H and O–H groups in total. The smallest absolute Gasteiger partial charge is 0.410 e. The van der Waals surface area contributed by atoms with E-state index in [0.717, 1.165) is 41.5 Å². The van der Waals surface area contributed by atoms with Gasteiger partial charge in [0.1, 0.15) is 24.3 Å². The molecule has 0 aliphatic heterocycles. The highest BCUT2D eigenvalue weighted by molar-refractivity contribution is 5.87. The van der Waals surface area contributed by atoms with E-state index in [2.05, 4.69) is 5.32 Å². The van der Waals surface area contributed by atoms with Gasteiger partial charge in [0.05, 0.1) is 6.10 Å². The highest BCUT2D eigenvalue weighted by Gasteiger charge is 2.43. The van der Waals surface area contributed by atoms with Gasteiger partial charge in [0, 0.05) is 18.0 Å². The molecule has 5 rings (SSSR count). The predicted molar refractivity (Wildman–Crippen MR) is 183 cm³/mol. The third kappa shape index (κ3) is 8.35. The molecule has 0 bridgehead atoms. The van der Waals surface area contributed by atoms with E-state index < -0.39 is 76.9 Å². The maximum atomic E-state index is 14.7. The van der Waals surface area contributed by atoms with Crippen molar-refractivity contribution in [3.8, 4) is 16.9 Å². The summed E-state index contributed by atoms with van der Waals surface area (Å²) in [5.74, 6) is -11.4. The summed E-state index contributed by atoms with van der Waals surface area (Å²) in [7, 11) is 0. The van der Waals surface area contributed by atoms with Gasteiger partial charge in [0.2, 0.25) is 23.6 Å². The lowest BCUT2D eigenvalue weighted by atomic mass is 9.93. The second-order valence-electron chi connectivity index (χ2n) is 14.3. The fourth-order valence-electron chi connectivity index (χ4n) is 6.92. The van der Waals surface area contributed by atoms with Crippen molar-refractivity contribution in [1.82, 2.24) is 10.2 Å². The highest BCUT2D eigenvalue weighted by atomic mass is 19.2. The number of benzene rings is 3. The van der Waals surface area contributed by atoms with E-state index in [-0.39, 0.29) is 24.6 Å². The number of carbonyl (C=O) groups is 3. The normalized spacial score (nSPS) is 16.9. The topological polar surface area (TPSA) is 114 Å². The maximum Gasteiger partial charge on any atom is 0.410 e. The van der Waals surface area contributed by atoms with Crippen LogP contribution in [0, 0.1) is 23.3 Å². The van der Waals surface area contributed by atoms with Crippen molar-refractivity contribution in [1.29, 1.82) is 0 Å². The summed E-state index contributed by atoms with van der Waals surface area (Å²) in [4.78, 5) is 42.7. The van der Waals surface area contributed by atoms with Crippen molar-refractivity contribution in [3.63, 3.8) is 0 Å². The molecular weight excluding hydrogens is 684 g/mol. The second kappa shape index (κ2) is 15.9. The van der Waals surface area contributed by atoms with Gasteiger partial charge >= 0.3 is 12.1 Å². The Balaban J connectivity index is 1.41. The number of esters is 1. The number of ether oxygens (including phenoxy) is 3. The minimum absolute atomic E-state index is 0.00337. The van der Waals surface area contributed by atoms with Gasteiger partial charge in [0.15, 0.2) is 17.4 Å². The van der Waals surface area contributed by atoms with Gasteiger partial charge in [-0.25, -0.2) is 18.4 Å². The average Bonchev–Trinajstić information content (AvgIpc) is 3.42. The molecule has 3 aromatic carbocycles.